The Morgan fingerprint density at radius 3 is 2.53 bits per heavy atom. The molecule has 0 radical (unpaired) electrons. The van der Waals surface area contributed by atoms with Gasteiger partial charge in [-0.15, -0.1) is 0 Å². The monoisotopic (exact) mass is 533 g/mol. The summed E-state index contributed by atoms with van der Waals surface area (Å²) in [6.45, 7) is 6.30. The van der Waals surface area contributed by atoms with Crippen LogP contribution in [0.15, 0.2) is 30.3 Å². The molecule has 206 valence electrons. The molecule has 0 aliphatic heterocycles. The zero-order valence-corrected chi connectivity index (χ0v) is 22.3. The van der Waals surface area contributed by atoms with Crippen molar-refractivity contribution >= 4 is 16.7 Å². The summed E-state index contributed by atoms with van der Waals surface area (Å²) in [5.41, 5.74) is -2.72. The van der Waals surface area contributed by atoms with Gasteiger partial charge in [0.2, 0.25) is 0 Å². The maximum Gasteiger partial charge on any atom is 0.303 e. The number of ether oxygens (including phenoxy) is 3. The molecular weight excluding hydrogens is 499 g/mol. The van der Waals surface area contributed by atoms with Gasteiger partial charge in [-0.1, -0.05) is 12.1 Å². The van der Waals surface area contributed by atoms with Crippen LogP contribution in [-0.2, 0) is 10.7 Å². The van der Waals surface area contributed by atoms with Crippen LogP contribution in [-0.4, -0.2) is 47.1 Å². The van der Waals surface area contributed by atoms with E-state index in [0.717, 1.165) is 39.2 Å². The second kappa shape index (κ2) is 10.9. The fourth-order valence-electron chi connectivity index (χ4n) is 4.10. The average molecular weight is 534 g/mol. The standard InChI is InChI=1S/C28H34F3N3O4/c1-16(19-8-6-9-21(25(19)29)28(30,31)27(3,4)35)32-26-20-14-24(38-13-7-12-37-18-10-11-18)23(36-5)15-22(20)33-17(2)34-26/h6,8-9,14-16,18,35H,7,10-13H2,1-5H3,(H,32,33,34)/t16-/m1/s1. The molecule has 2 N–H and O–H groups in total. The highest BCUT2D eigenvalue weighted by Crippen LogP contribution is 2.42. The Morgan fingerprint density at radius 1 is 1.13 bits per heavy atom. The fraction of sp³-hybridized carbons (Fsp3) is 0.500. The van der Waals surface area contributed by atoms with Crippen LogP contribution in [0, 0.1) is 12.7 Å². The number of halogens is 3. The van der Waals surface area contributed by atoms with E-state index in [1.165, 1.54) is 12.1 Å². The molecule has 1 saturated carbocycles. The summed E-state index contributed by atoms with van der Waals surface area (Å²) in [6, 6.07) is 6.50. The molecule has 1 heterocycles. The Morgan fingerprint density at radius 2 is 1.87 bits per heavy atom. The number of rotatable bonds is 12. The van der Waals surface area contributed by atoms with Crippen LogP contribution < -0.4 is 14.8 Å². The quantitative estimate of drug-likeness (QED) is 0.273. The van der Waals surface area contributed by atoms with E-state index in [-0.39, 0.29) is 5.56 Å². The minimum Gasteiger partial charge on any atom is -0.493 e. The molecule has 7 nitrogen and oxygen atoms in total. The number of anilines is 1. The number of alkyl halides is 2. The van der Waals surface area contributed by atoms with Crippen LogP contribution in [0.1, 0.15) is 63.0 Å². The van der Waals surface area contributed by atoms with Gasteiger partial charge in [0.1, 0.15) is 23.1 Å². The van der Waals surface area contributed by atoms with Crippen molar-refractivity contribution in [2.45, 2.75) is 70.6 Å². The van der Waals surface area contributed by atoms with Crippen molar-refractivity contribution in [3.63, 3.8) is 0 Å². The lowest BCUT2D eigenvalue weighted by Gasteiger charge is -2.30. The van der Waals surface area contributed by atoms with E-state index >= 15 is 4.39 Å². The number of nitrogens with zero attached hydrogens (tertiary/aromatic N) is 2. The molecule has 0 amide bonds. The zero-order valence-electron chi connectivity index (χ0n) is 22.3. The number of benzene rings is 2. The molecule has 1 aliphatic rings. The lowest BCUT2D eigenvalue weighted by Crippen LogP contribution is -2.41. The summed E-state index contributed by atoms with van der Waals surface area (Å²) in [5.74, 6) is -3.03. The largest absolute Gasteiger partial charge is 0.493 e. The number of hydrogen-bond acceptors (Lipinski definition) is 7. The van der Waals surface area contributed by atoms with Crippen molar-refractivity contribution in [1.29, 1.82) is 0 Å². The molecule has 1 aromatic heterocycles. The topological polar surface area (TPSA) is 85.7 Å². The van der Waals surface area contributed by atoms with E-state index in [2.05, 4.69) is 15.3 Å². The van der Waals surface area contributed by atoms with E-state index in [9.17, 15) is 13.9 Å². The molecule has 0 spiro atoms. The number of hydrogen-bond donors (Lipinski definition) is 2. The molecule has 0 bridgehead atoms. The third-order valence-electron chi connectivity index (χ3n) is 6.47. The Kier molecular flexibility index (Phi) is 8.04. The van der Waals surface area contributed by atoms with E-state index in [0.29, 0.717) is 53.4 Å². The van der Waals surface area contributed by atoms with Crippen molar-refractivity contribution in [2.24, 2.45) is 0 Å². The number of aryl methyl sites for hydroxylation is 1. The average Bonchev–Trinajstić information content (AvgIpc) is 3.67. The predicted molar refractivity (Wildman–Crippen MR) is 139 cm³/mol. The summed E-state index contributed by atoms with van der Waals surface area (Å²) < 4.78 is 62.1. The first-order valence-electron chi connectivity index (χ1n) is 12.7. The van der Waals surface area contributed by atoms with E-state index < -0.39 is 28.9 Å². The molecule has 3 aromatic rings. The predicted octanol–water partition coefficient (Wildman–Crippen LogP) is 6.07. The Hall–Kier alpha value is -3.11. The maximum absolute atomic E-state index is 15.4. The maximum atomic E-state index is 15.4. The molecule has 10 heteroatoms. The molecule has 1 atom stereocenters. The van der Waals surface area contributed by atoms with Gasteiger partial charge in [0.25, 0.3) is 0 Å². The number of methoxy groups -OCH3 is 1. The van der Waals surface area contributed by atoms with Gasteiger partial charge < -0.3 is 24.6 Å². The number of aliphatic hydroxyl groups is 1. The van der Waals surface area contributed by atoms with Crippen LogP contribution >= 0.6 is 0 Å². The van der Waals surface area contributed by atoms with Gasteiger partial charge in [-0.05, 0) is 52.7 Å². The lowest BCUT2D eigenvalue weighted by atomic mass is 9.91. The van der Waals surface area contributed by atoms with Gasteiger partial charge in [0.05, 0.1) is 43.5 Å². The van der Waals surface area contributed by atoms with E-state index in [1.54, 1.807) is 33.1 Å². The fourth-order valence-corrected chi connectivity index (χ4v) is 4.10. The summed E-state index contributed by atoms with van der Waals surface area (Å²) in [5, 5.41) is 13.7. The number of aromatic nitrogens is 2. The van der Waals surface area contributed by atoms with Gasteiger partial charge in [-0.2, -0.15) is 8.78 Å². The second-order valence-electron chi connectivity index (χ2n) is 10.1. The highest BCUT2D eigenvalue weighted by atomic mass is 19.3. The normalized spacial score (nSPS) is 15.0. The molecule has 0 unspecified atom stereocenters. The van der Waals surface area contributed by atoms with Crippen molar-refractivity contribution in [3.05, 3.63) is 53.1 Å². The van der Waals surface area contributed by atoms with Crippen LogP contribution in [0.2, 0.25) is 0 Å². The first kappa shape index (κ1) is 27.9. The van der Waals surface area contributed by atoms with E-state index in [1.807, 2.05) is 0 Å². The van der Waals surface area contributed by atoms with Crippen LogP contribution in [0.25, 0.3) is 10.9 Å². The number of fused-ring (bicyclic) bond motifs is 1. The Bertz CT molecular complexity index is 1290. The minimum atomic E-state index is -3.79. The van der Waals surface area contributed by atoms with Gasteiger partial charge in [0.15, 0.2) is 11.5 Å². The first-order chi connectivity index (χ1) is 17.9. The summed E-state index contributed by atoms with van der Waals surface area (Å²) >= 11 is 0. The highest BCUT2D eigenvalue weighted by Gasteiger charge is 2.49. The third-order valence-corrected chi connectivity index (χ3v) is 6.47. The summed E-state index contributed by atoms with van der Waals surface area (Å²) in [7, 11) is 1.54. The molecular formula is C28H34F3N3O4. The van der Waals surface area contributed by atoms with Crippen LogP contribution in [0.4, 0.5) is 19.0 Å². The van der Waals surface area contributed by atoms with Crippen LogP contribution in [0.3, 0.4) is 0 Å². The SMILES string of the molecule is COc1cc2nc(C)nc(N[C@H](C)c3cccc(C(F)(F)C(C)(C)O)c3F)c2cc1OCCCOC1CC1. The molecule has 4 rings (SSSR count). The number of nitrogens with one attached hydrogen (secondary N) is 1. The van der Waals surface area contributed by atoms with Crippen molar-refractivity contribution in [3.8, 4) is 11.5 Å². The molecule has 0 saturated heterocycles. The van der Waals surface area contributed by atoms with Gasteiger partial charge >= 0.3 is 5.92 Å². The molecule has 1 fully saturated rings. The highest BCUT2D eigenvalue weighted by molar-refractivity contribution is 5.92. The summed E-state index contributed by atoms with van der Waals surface area (Å²) in [4.78, 5) is 8.98. The van der Waals surface area contributed by atoms with E-state index in [4.69, 9.17) is 14.2 Å². The van der Waals surface area contributed by atoms with Gasteiger partial charge in [-0.3, -0.25) is 0 Å². The lowest BCUT2D eigenvalue weighted by molar-refractivity contribution is -0.170. The smallest absolute Gasteiger partial charge is 0.303 e. The molecule has 38 heavy (non-hydrogen) atoms. The van der Waals surface area contributed by atoms with Crippen molar-refractivity contribution in [2.75, 3.05) is 25.6 Å². The van der Waals surface area contributed by atoms with Gasteiger partial charge in [-0.25, -0.2) is 14.4 Å². The zero-order chi connectivity index (χ0) is 27.7. The van der Waals surface area contributed by atoms with Gasteiger partial charge in [0, 0.05) is 23.4 Å². The second-order valence-corrected chi connectivity index (χ2v) is 10.1. The first-order valence-corrected chi connectivity index (χ1v) is 12.7. The Labute approximate surface area is 220 Å². The summed E-state index contributed by atoms with van der Waals surface area (Å²) in [6.07, 6.45) is 3.33. The van der Waals surface area contributed by atoms with Crippen molar-refractivity contribution < 1.29 is 32.5 Å². The third kappa shape index (κ3) is 5.96. The Balaban J connectivity index is 1.62. The molecule has 1 aliphatic carbocycles. The minimum absolute atomic E-state index is 0.0106. The van der Waals surface area contributed by atoms with Crippen molar-refractivity contribution in [1.82, 2.24) is 9.97 Å². The van der Waals surface area contributed by atoms with Crippen LogP contribution in [0.5, 0.6) is 11.5 Å². The molecule has 2 aromatic carbocycles.